The molecule has 0 radical (unpaired) electrons. The van der Waals surface area contributed by atoms with E-state index in [1.54, 1.807) is 0 Å². The van der Waals surface area contributed by atoms with Crippen LogP contribution in [0.2, 0.25) is 0 Å². The lowest BCUT2D eigenvalue weighted by Gasteiger charge is -2.23. The number of rotatable bonds is 8. The van der Waals surface area contributed by atoms with Crippen molar-refractivity contribution < 1.29 is 5.11 Å². The number of terminal acetylenes is 1. The molecule has 0 aromatic carbocycles. The van der Waals surface area contributed by atoms with Crippen LogP contribution in [0.15, 0.2) is 0 Å². The molecule has 3 nitrogen and oxygen atoms in total. The van der Waals surface area contributed by atoms with Crippen molar-refractivity contribution in [1.82, 2.24) is 10.2 Å². The molecule has 0 heterocycles. The molecule has 0 saturated heterocycles. The second-order valence-electron chi connectivity index (χ2n) is 3.86. The van der Waals surface area contributed by atoms with Gasteiger partial charge in [0.1, 0.15) is 0 Å². The van der Waals surface area contributed by atoms with Crippen LogP contribution in [0.3, 0.4) is 0 Å². The SMILES string of the molecule is C#CCC(C)NCC(O)CN(CC)CC. The van der Waals surface area contributed by atoms with Crippen LogP contribution in [-0.4, -0.2) is 48.3 Å². The molecule has 2 N–H and O–H groups in total. The standard InChI is InChI=1S/C12H24N2O/c1-5-8-11(4)13-9-12(15)10-14(6-2)7-3/h1,11-13,15H,6-10H2,2-4H3. The summed E-state index contributed by atoms with van der Waals surface area (Å²) in [6.07, 6.45) is 5.59. The van der Waals surface area contributed by atoms with Crippen molar-refractivity contribution in [2.75, 3.05) is 26.2 Å². The van der Waals surface area contributed by atoms with Gasteiger partial charge in [0.25, 0.3) is 0 Å². The maximum absolute atomic E-state index is 9.74. The van der Waals surface area contributed by atoms with Gasteiger partial charge < -0.3 is 15.3 Å². The van der Waals surface area contributed by atoms with Crippen LogP contribution < -0.4 is 5.32 Å². The molecule has 88 valence electrons. The Morgan fingerprint density at radius 3 is 2.47 bits per heavy atom. The molecule has 15 heavy (non-hydrogen) atoms. The van der Waals surface area contributed by atoms with Crippen LogP contribution in [-0.2, 0) is 0 Å². The predicted molar refractivity (Wildman–Crippen MR) is 64.7 cm³/mol. The average molecular weight is 212 g/mol. The van der Waals surface area contributed by atoms with Crippen molar-refractivity contribution in [2.45, 2.75) is 39.3 Å². The molecule has 0 aromatic heterocycles. The van der Waals surface area contributed by atoms with Gasteiger partial charge in [-0.25, -0.2) is 0 Å². The summed E-state index contributed by atoms with van der Waals surface area (Å²) >= 11 is 0. The first-order valence-electron chi connectivity index (χ1n) is 5.71. The van der Waals surface area contributed by atoms with Gasteiger partial charge in [0, 0.05) is 25.6 Å². The Bertz CT molecular complexity index is 185. The summed E-state index contributed by atoms with van der Waals surface area (Å²) in [7, 11) is 0. The maximum atomic E-state index is 9.74. The summed E-state index contributed by atoms with van der Waals surface area (Å²) in [5, 5.41) is 13.0. The summed E-state index contributed by atoms with van der Waals surface area (Å²) in [4.78, 5) is 2.21. The van der Waals surface area contributed by atoms with E-state index in [2.05, 4.69) is 30.0 Å². The van der Waals surface area contributed by atoms with E-state index in [1.165, 1.54) is 0 Å². The van der Waals surface area contributed by atoms with E-state index in [1.807, 2.05) is 6.92 Å². The van der Waals surface area contributed by atoms with Crippen LogP contribution in [0.5, 0.6) is 0 Å². The van der Waals surface area contributed by atoms with Crippen molar-refractivity contribution >= 4 is 0 Å². The number of hydrogen-bond donors (Lipinski definition) is 2. The molecule has 0 aliphatic carbocycles. The van der Waals surface area contributed by atoms with Gasteiger partial charge in [-0.3, -0.25) is 0 Å². The summed E-state index contributed by atoms with van der Waals surface area (Å²) in [6, 6.07) is 0.279. The Hall–Kier alpha value is -0.560. The van der Waals surface area contributed by atoms with E-state index in [0.717, 1.165) is 19.6 Å². The minimum Gasteiger partial charge on any atom is -0.390 e. The second-order valence-corrected chi connectivity index (χ2v) is 3.86. The molecule has 0 aliphatic heterocycles. The molecule has 0 amide bonds. The monoisotopic (exact) mass is 212 g/mol. The fraction of sp³-hybridized carbons (Fsp3) is 0.833. The van der Waals surface area contributed by atoms with Crippen LogP contribution in [0.25, 0.3) is 0 Å². The summed E-state index contributed by atoms with van der Waals surface area (Å²) in [5.41, 5.74) is 0. The Morgan fingerprint density at radius 2 is 2.00 bits per heavy atom. The van der Waals surface area contributed by atoms with Crippen LogP contribution in [0, 0.1) is 12.3 Å². The van der Waals surface area contributed by atoms with E-state index in [0.29, 0.717) is 13.0 Å². The fourth-order valence-corrected chi connectivity index (χ4v) is 1.43. The highest BCUT2D eigenvalue weighted by atomic mass is 16.3. The van der Waals surface area contributed by atoms with Crippen molar-refractivity contribution in [3.8, 4) is 12.3 Å². The first-order chi connectivity index (χ1) is 7.13. The molecule has 0 spiro atoms. The smallest absolute Gasteiger partial charge is 0.0791 e. The lowest BCUT2D eigenvalue weighted by Crippen LogP contribution is -2.40. The topological polar surface area (TPSA) is 35.5 Å². The minimum absolute atomic E-state index is 0.279. The normalized spacial score (nSPS) is 14.9. The van der Waals surface area contributed by atoms with E-state index in [-0.39, 0.29) is 12.1 Å². The van der Waals surface area contributed by atoms with E-state index >= 15 is 0 Å². The Morgan fingerprint density at radius 1 is 1.40 bits per heavy atom. The predicted octanol–water partition coefficient (Wildman–Crippen LogP) is 0.690. The fourth-order valence-electron chi connectivity index (χ4n) is 1.43. The second kappa shape index (κ2) is 8.72. The van der Waals surface area contributed by atoms with Gasteiger partial charge in [-0.05, 0) is 20.0 Å². The summed E-state index contributed by atoms with van der Waals surface area (Å²) in [6.45, 7) is 9.53. The number of hydrogen-bond acceptors (Lipinski definition) is 3. The molecule has 2 atom stereocenters. The highest BCUT2D eigenvalue weighted by molar-refractivity contribution is 4.88. The number of aliphatic hydroxyl groups is 1. The Labute approximate surface area is 93.9 Å². The van der Waals surface area contributed by atoms with Crippen LogP contribution in [0.4, 0.5) is 0 Å². The third-order valence-electron chi connectivity index (χ3n) is 2.49. The third kappa shape index (κ3) is 7.38. The summed E-state index contributed by atoms with van der Waals surface area (Å²) in [5.74, 6) is 2.60. The number of nitrogens with one attached hydrogen (secondary N) is 1. The number of likely N-dealkylation sites (N-methyl/N-ethyl adjacent to an activating group) is 1. The Kier molecular flexibility index (Phi) is 8.40. The summed E-state index contributed by atoms with van der Waals surface area (Å²) < 4.78 is 0. The lowest BCUT2D eigenvalue weighted by molar-refractivity contribution is 0.114. The molecule has 3 heteroatoms. The molecule has 2 unspecified atom stereocenters. The van der Waals surface area contributed by atoms with Gasteiger partial charge in [-0.15, -0.1) is 12.3 Å². The zero-order valence-corrected chi connectivity index (χ0v) is 10.2. The van der Waals surface area contributed by atoms with Crippen LogP contribution >= 0.6 is 0 Å². The molecule has 0 aliphatic rings. The van der Waals surface area contributed by atoms with E-state index in [4.69, 9.17) is 6.42 Å². The van der Waals surface area contributed by atoms with Gasteiger partial charge >= 0.3 is 0 Å². The molecule has 0 bridgehead atoms. The minimum atomic E-state index is -0.315. The zero-order valence-electron chi connectivity index (χ0n) is 10.2. The van der Waals surface area contributed by atoms with Gasteiger partial charge in [-0.1, -0.05) is 13.8 Å². The first kappa shape index (κ1) is 14.4. The first-order valence-corrected chi connectivity index (χ1v) is 5.71. The highest BCUT2D eigenvalue weighted by Crippen LogP contribution is 1.93. The van der Waals surface area contributed by atoms with Gasteiger partial charge in [0.15, 0.2) is 0 Å². The third-order valence-corrected chi connectivity index (χ3v) is 2.49. The molecule has 0 saturated carbocycles. The highest BCUT2D eigenvalue weighted by Gasteiger charge is 2.09. The number of nitrogens with zero attached hydrogens (tertiary/aromatic N) is 1. The lowest BCUT2D eigenvalue weighted by atomic mass is 10.2. The largest absolute Gasteiger partial charge is 0.390 e. The van der Waals surface area contributed by atoms with Crippen LogP contribution in [0.1, 0.15) is 27.2 Å². The quantitative estimate of drug-likeness (QED) is 0.581. The van der Waals surface area contributed by atoms with Crippen molar-refractivity contribution in [3.63, 3.8) is 0 Å². The van der Waals surface area contributed by atoms with Gasteiger partial charge in [0.05, 0.1) is 6.10 Å². The molecular weight excluding hydrogens is 188 g/mol. The zero-order chi connectivity index (χ0) is 11.7. The van der Waals surface area contributed by atoms with Crippen molar-refractivity contribution in [1.29, 1.82) is 0 Å². The van der Waals surface area contributed by atoms with E-state index < -0.39 is 0 Å². The van der Waals surface area contributed by atoms with Gasteiger partial charge in [-0.2, -0.15) is 0 Å². The van der Waals surface area contributed by atoms with Gasteiger partial charge in [0.2, 0.25) is 0 Å². The molecular formula is C12H24N2O. The maximum Gasteiger partial charge on any atom is 0.0791 e. The van der Waals surface area contributed by atoms with Crippen molar-refractivity contribution in [3.05, 3.63) is 0 Å². The molecule has 0 rings (SSSR count). The van der Waals surface area contributed by atoms with Crippen molar-refractivity contribution in [2.24, 2.45) is 0 Å². The molecule has 0 aromatic rings. The number of aliphatic hydroxyl groups excluding tert-OH is 1. The van der Waals surface area contributed by atoms with E-state index in [9.17, 15) is 5.11 Å². The molecule has 0 fully saturated rings. The Balaban J connectivity index is 3.65. The average Bonchev–Trinajstić information content (AvgIpc) is 2.23.